The van der Waals surface area contributed by atoms with Crippen molar-refractivity contribution in [1.82, 2.24) is 14.5 Å². The zero-order valence-electron chi connectivity index (χ0n) is 18.5. The Balaban J connectivity index is 1.70. The van der Waals surface area contributed by atoms with Gasteiger partial charge in [-0.05, 0) is 50.1 Å². The summed E-state index contributed by atoms with van der Waals surface area (Å²) in [5, 5.41) is 3.23. The largest absolute Gasteiger partial charge is 0.355 e. The molecule has 3 amide bonds. The van der Waals surface area contributed by atoms with Gasteiger partial charge in [0.1, 0.15) is 10.9 Å². The average Bonchev–Trinajstić information content (AvgIpc) is 2.98. The molecule has 0 spiro atoms. The zero-order chi connectivity index (χ0) is 24.2. The molecular weight excluding hydrogens is 466 g/mol. The highest BCUT2D eigenvalue weighted by molar-refractivity contribution is 7.90. The van der Waals surface area contributed by atoms with Gasteiger partial charge in [0.05, 0.1) is 5.56 Å². The van der Waals surface area contributed by atoms with Crippen LogP contribution in [0.3, 0.4) is 0 Å². The van der Waals surface area contributed by atoms with Gasteiger partial charge in [0.15, 0.2) is 0 Å². The number of hydrogen-bond acceptors (Lipinski definition) is 5. The van der Waals surface area contributed by atoms with Crippen LogP contribution >= 0.6 is 11.6 Å². The summed E-state index contributed by atoms with van der Waals surface area (Å²) in [6.45, 7) is 3.90. The molecule has 8 nitrogen and oxygen atoms in total. The number of rotatable bonds is 9. The summed E-state index contributed by atoms with van der Waals surface area (Å²) in [5.74, 6) is -1.21. The molecule has 0 aromatic heterocycles. The molecule has 2 aromatic carbocycles. The molecule has 0 saturated carbocycles. The van der Waals surface area contributed by atoms with Crippen LogP contribution in [0.1, 0.15) is 42.6 Å². The molecule has 0 saturated heterocycles. The van der Waals surface area contributed by atoms with E-state index in [2.05, 4.69) is 5.32 Å². The Kier molecular flexibility index (Phi) is 7.76. The first kappa shape index (κ1) is 24.7. The van der Waals surface area contributed by atoms with Crippen molar-refractivity contribution in [1.29, 1.82) is 0 Å². The minimum Gasteiger partial charge on any atom is -0.355 e. The lowest BCUT2D eigenvalue weighted by atomic mass is 10.1. The van der Waals surface area contributed by atoms with Crippen molar-refractivity contribution in [2.75, 3.05) is 13.1 Å². The molecule has 1 heterocycles. The van der Waals surface area contributed by atoms with E-state index in [0.717, 1.165) is 9.87 Å². The van der Waals surface area contributed by atoms with E-state index in [1.807, 2.05) is 6.07 Å². The molecule has 0 radical (unpaired) electrons. The van der Waals surface area contributed by atoms with E-state index in [0.29, 0.717) is 11.6 Å². The van der Waals surface area contributed by atoms with Crippen molar-refractivity contribution in [3.63, 3.8) is 0 Å². The number of amides is 3. The first-order chi connectivity index (χ1) is 15.7. The minimum absolute atomic E-state index is 0.0197. The number of sulfonamides is 1. The summed E-state index contributed by atoms with van der Waals surface area (Å²) in [7, 11) is -3.92. The van der Waals surface area contributed by atoms with Crippen molar-refractivity contribution in [2.24, 2.45) is 0 Å². The first-order valence-corrected chi connectivity index (χ1v) is 12.5. The van der Waals surface area contributed by atoms with Crippen LogP contribution in [-0.4, -0.2) is 54.5 Å². The van der Waals surface area contributed by atoms with Crippen molar-refractivity contribution < 1.29 is 22.8 Å². The van der Waals surface area contributed by atoms with Gasteiger partial charge in [-0.2, -0.15) is 0 Å². The van der Waals surface area contributed by atoms with Crippen molar-refractivity contribution >= 4 is 39.3 Å². The van der Waals surface area contributed by atoms with E-state index >= 15 is 0 Å². The predicted octanol–water partition coefficient (Wildman–Crippen LogP) is 2.82. The minimum atomic E-state index is -3.92. The van der Waals surface area contributed by atoms with E-state index in [1.165, 1.54) is 17.0 Å². The van der Waals surface area contributed by atoms with Crippen LogP contribution < -0.4 is 5.32 Å². The third-order valence-corrected chi connectivity index (χ3v) is 7.50. The lowest BCUT2D eigenvalue weighted by Gasteiger charge is -2.29. The van der Waals surface area contributed by atoms with Gasteiger partial charge in [-0.25, -0.2) is 12.7 Å². The van der Waals surface area contributed by atoms with Gasteiger partial charge in [0, 0.05) is 31.1 Å². The maximum absolute atomic E-state index is 13.1. The number of nitrogens with zero attached hydrogens (tertiary/aromatic N) is 2. The van der Waals surface area contributed by atoms with Crippen LogP contribution in [-0.2, 0) is 26.2 Å². The lowest BCUT2D eigenvalue weighted by Crippen LogP contribution is -2.47. The van der Waals surface area contributed by atoms with Crippen molar-refractivity contribution in [3.8, 4) is 0 Å². The molecule has 33 heavy (non-hydrogen) atoms. The van der Waals surface area contributed by atoms with Crippen LogP contribution in [0.15, 0.2) is 53.4 Å². The highest BCUT2D eigenvalue weighted by Gasteiger charge is 2.40. The van der Waals surface area contributed by atoms with Crippen LogP contribution in [0.5, 0.6) is 0 Å². The SMILES string of the molecule is CCNC(=O)C(C)N(Cc1cccc(Cl)c1)C(=O)CCCN1C(=O)c2ccccc2S1(=O)=O. The van der Waals surface area contributed by atoms with Crippen LogP contribution in [0.2, 0.25) is 5.02 Å². The average molecular weight is 492 g/mol. The topological polar surface area (TPSA) is 104 Å². The molecular formula is C23H26ClN3O5S. The standard InChI is InChI=1S/C23H26ClN3O5S/c1-3-25-22(29)16(2)26(15-17-8-6-9-18(24)14-17)21(28)12-7-13-27-23(30)19-10-4-5-11-20(19)33(27,31)32/h4-6,8-11,14,16H,3,7,12-13,15H2,1-2H3,(H,25,29). The van der Waals surface area contributed by atoms with Crippen LogP contribution in [0.25, 0.3) is 0 Å². The fraction of sp³-hybridized carbons (Fsp3) is 0.348. The summed E-state index contributed by atoms with van der Waals surface area (Å²) in [6.07, 6.45) is 0.103. The van der Waals surface area contributed by atoms with Gasteiger partial charge in [-0.15, -0.1) is 0 Å². The first-order valence-electron chi connectivity index (χ1n) is 10.6. The molecule has 0 fully saturated rings. The molecule has 1 unspecified atom stereocenters. The zero-order valence-corrected chi connectivity index (χ0v) is 20.0. The Morgan fingerprint density at radius 3 is 2.55 bits per heavy atom. The Bertz CT molecular complexity index is 1170. The van der Waals surface area contributed by atoms with Crippen molar-refractivity contribution in [3.05, 3.63) is 64.7 Å². The van der Waals surface area contributed by atoms with Gasteiger partial charge < -0.3 is 10.2 Å². The van der Waals surface area contributed by atoms with Gasteiger partial charge >= 0.3 is 0 Å². The fourth-order valence-electron chi connectivity index (χ4n) is 3.71. The Morgan fingerprint density at radius 1 is 1.15 bits per heavy atom. The molecule has 3 rings (SSSR count). The maximum atomic E-state index is 13.1. The van der Waals surface area contributed by atoms with Gasteiger partial charge in [-0.3, -0.25) is 14.4 Å². The number of hydrogen-bond donors (Lipinski definition) is 1. The molecule has 2 aromatic rings. The number of fused-ring (bicyclic) bond motifs is 1. The normalized spacial score (nSPS) is 15.1. The second kappa shape index (κ2) is 10.4. The number of benzene rings is 2. The Morgan fingerprint density at radius 2 is 1.88 bits per heavy atom. The van der Waals surface area contributed by atoms with Crippen LogP contribution in [0, 0.1) is 0 Å². The van der Waals surface area contributed by atoms with Gasteiger partial charge in [0.2, 0.25) is 11.8 Å². The smallest absolute Gasteiger partial charge is 0.269 e. The number of likely N-dealkylation sites (N-methyl/N-ethyl adjacent to an activating group) is 1. The molecule has 1 N–H and O–H groups in total. The summed E-state index contributed by atoms with van der Waals surface area (Å²) in [4.78, 5) is 39.5. The predicted molar refractivity (Wildman–Crippen MR) is 124 cm³/mol. The van der Waals surface area contributed by atoms with Crippen molar-refractivity contribution in [2.45, 2.75) is 44.2 Å². The van der Waals surface area contributed by atoms with E-state index in [4.69, 9.17) is 11.6 Å². The van der Waals surface area contributed by atoms with Crippen LogP contribution in [0.4, 0.5) is 0 Å². The highest BCUT2D eigenvalue weighted by atomic mass is 35.5. The summed E-state index contributed by atoms with van der Waals surface area (Å²) >= 11 is 6.06. The molecule has 1 aliphatic rings. The monoisotopic (exact) mass is 491 g/mol. The summed E-state index contributed by atoms with van der Waals surface area (Å²) in [6, 6.07) is 12.3. The molecule has 0 bridgehead atoms. The van der Waals surface area contributed by atoms with Gasteiger partial charge in [-0.1, -0.05) is 35.9 Å². The molecule has 1 atom stereocenters. The van der Waals surface area contributed by atoms with E-state index in [-0.39, 0.29) is 48.2 Å². The maximum Gasteiger partial charge on any atom is 0.269 e. The second-order valence-electron chi connectivity index (χ2n) is 7.70. The van der Waals surface area contributed by atoms with E-state index in [9.17, 15) is 22.8 Å². The quantitative estimate of drug-likeness (QED) is 0.581. The summed E-state index contributed by atoms with van der Waals surface area (Å²) in [5.41, 5.74) is 0.899. The van der Waals surface area contributed by atoms with Gasteiger partial charge in [0.25, 0.3) is 15.9 Å². The molecule has 10 heteroatoms. The number of carbonyl (C=O) groups is 3. The second-order valence-corrected chi connectivity index (χ2v) is 9.97. The fourth-order valence-corrected chi connectivity index (χ4v) is 5.53. The van der Waals surface area contributed by atoms with E-state index in [1.54, 1.807) is 44.2 Å². The summed E-state index contributed by atoms with van der Waals surface area (Å²) < 4.78 is 26.2. The molecule has 0 aliphatic carbocycles. The number of halogens is 1. The molecule has 1 aliphatic heterocycles. The Hall–Kier alpha value is -2.91. The Labute approximate surface area is 198 Å². The van der Waals surface area contributed by atoms with E-state index < -0.39 is 22.0 Å². The third-order valence-electron chi connectivity index (χ3n) is 5.42. The highest BCUT2D eigenvalue weighted by Crippen LogP contribution is 2.30. The lowest BCUT2D eigenvalue weighted by molar-refractivity contribution is -0.140. The third kappa shape index (κ3) is 5.36. The molecule has 176 valence electrons. The number of nitrogens with one attached hydrogen (secondary N) is 1. The number of carbonyl (C=O) groups excluding carboxylic acids is 3.